The average Bonchev–Trinajstić information content (AvgIpc) is 2.98. The van der Waals surface area contributed by atoms with Gasteiger partial charge in [-0.25, -0.2) is 4.98 Å². The monoisotopic (exact) mass is 280 g/mol. The van der Waals surface area contributed by atoms with Crippen LogP contribution >= 0.6 is 11.3 Å². The van der Waals surface area contributed by atoms with Gasteiger partial charge in [0.1, 0.15) is 12.0 Å². The van der Waals surface area contributed by atoms with Gasteiger partial charge in [-0.05, 0) is 13.5 Å². The lowest BCUT2D eigenvalue weighted by Crippen LogP contribution is -2.28. The van der Waals surface area contributed by atoms with Gasteiger partial charge in [0.2, 0.25) is 0 Å². The summed E-state index contributed by atoms with van der Waals surface area (Å²) in [5, 5.41) is 13.2. The minimum absolute atomic E-state index is 0.213. The van der Waals surface area contributed by atoms with Crippen LogP contribution in [0.25, 0.3) is 0 Å². The SMILES string of the molecule is CC(NC(=O)c1csc(CCN)n1)c1nncn1C. The van der Waals surface area contributed by atoms with Crippen LogP contribution in [0, 0.1) is 0 Å². The number of thiazole rings is 1. The Labute approximate surface area is 114 Å². The Bertz CT molecular complexity index is 563. The number of aryl methyl sites for hydroxylation is 1. The van der Waals surface area contributed by atoms with Crippen molar-refractivity contribution in [2.45, 2.75) is 19.4 Å². The molecule has 19 heavy (non-hydrogen) atoms. The van der Waals surface area contributed by atoms with Crippen LogP contribution in [0.1, 0.15) is 34.3 Å². The molecule has 0 aliphatic rings. The predicted octanol–water partition coefficient (Wildman–Crippen LogP) is 0.264. The first kappa shape index (κ1) is 13.6. The summed E-state index contributed by atoms with van der Waals surface area (Å²) in [5.74, 6) is 0.487. The average molecular weight is 280 g/mol. The van der Waals surface area contributed by atoms with E-state index >= 15 is 0 Å². The molecule has 8 heteroatoms. The normalized spacial score (nSPS) is 12.4. The Balaban J connectivity index is 2.02. The molecule has 0 radical (unpaired) electrons. The van der Waals surface area contributed by atoms with Gasteiger partial charge in [0, 0.05) is 18.8 Å². The van der Waals surface area contributed by atoms with Crippen LogP contribution in [-0.2, 0) is 13.5 Å². The first-order chi connectivity index (χ1) is 9.11. The topological polar surface area (TPSA) is 98.7 Å². The van der Waals surface area contributed by atoms with E-state index < -0.39 is 0 Å². The highest BCUT2D eigenvalue weighted by atomic mass is 32.1. The van der Waals surface area contributed by atoms with Gasteiger partial charge >= 0.3 is 0 Å². The summed E-state index contributed by atoms with van der Waals surface area (Å²) in [4.78, 5) is 16.3. The van der Waals surface area contributed by atoms with E-state index in [1.807, 2.05) is 14.0 Å². The summed E-state index contributed by atoms with van der Waals surface area (Å²) in [6.45, 7) is 2.39. The third-order valence-corrected chi connectivity index (χ3v) is 3.53. The van der Waals surface area contributed by atoms with Gasteiger partial charge in [0.25, 0.3) is 5.91 Å². The third kappa shape index (κ3) is 3.15. The lowest BCUT2D eigenvalue weighted by atomic mass is 10.3. The van der Waals surface area contributed by atoms with Crippen molar-refractivity contribution in [1.29, 1.82) is 0 Å². The lowest BCUT2D eigenvalue weighted by Gasteiger charge is -2.11. The third-order valence-electron chi connectivity index (χ3n) is 2.62. The summed E-state index contributed by atoms with van der Waals surface area (Å²) in [6.07, 6.45) is 2.29. The van der Waals surface area contributed by atoms with Crippen molar-refractivity contribution in [3.8, 4) is 0 Å². The molecule has 2 aromatic heterocycles. The van der Waals surface area contributed by atoms with Gasteiger partial charge in [-0.15, -0.1) is 21.5 Å². The standard InChI is InChI=1S/C11H16N6OS/c1-7(10-16-13-6-17(10)2)14-11(18)8-5-19-9(15-8)3-4-12/h5-7H,3-4,12H2,1-2H3,(H,14,18). The van der Waals surface area contributed by atoms with Gasteiger partial charge in [-0.3, -0.25) is 4.79 Å². The Morgan fingerprint density at radius 1 is 1.63 bits per heavy atom. The minimum Gasteiger partial charge on any atom is -0.341 e. The van der Waals surface area contributed by atoms with Gasteiger partial charge in [-0.1, -0.05) is 0 Å². The highest BCUT2D eigenvalue weighted by Gasteiger charge is 2.17. The fraction of sp³-hybridized carbons (Fsp3) is 0.455. The summed E-state index contributed by atoms with van der Waals surface area (Å²) in [6, 6.07) is -0.223. The molecular weight excluding hydrogens is 264 g/mol. The number of amides is 1. The van der Waals surface area contributed by atoms with Crippen molar-refractivity contribution < 1.29 is 4.79 Å². The molecule has 0 fully saturated rings. The Hall–Kier alpha value is -1.80. The summed E-state index contributed by atoms with van der Waals surface area (Å²) in [5.41, 5.74) is 5.87. The van der Waals surface area contributed by atoms with E-state index in [1.54, 1.807) is 16.3 Å². The van der Waals surface area contributed by atoms with Crippen molar-refractivity contribution >= 4 is 17.2 Å². The highest BCUT2D eigenvalue weighted by molar-refractivity contribution is 7.09. The second-order valence-electron chi connectivity index (χ2n) is 4.16. The van der Waals surface area contributed by atoms with Crippen LogP contribution in [0.3, 0.4) is 0 Å². The number of hydrogen-bond acceptors (Lipinski definition) is 6. The van der Waals surface area contributed by atoms with Crippen molar-refractivity contribution in [3.05, 3.63) is 28.2 Å². The van der Waals surface area contributed by atoms with E-state index in [0.29, 0.717) is 24.5 Å². The zero-order valence-electron chi connectivity index (χ0n) is 10.8. The minimum atomic E-state index is -0.223. The molecule has 0 aliphatic carbocycles. The zero-order valence-corrected chi connectivity index (χ0v) is 11.6. The Kier molecular flexibility index (Phi) is 4.23. The molecule has 0 saturated carbocycles. The fourth-order valence-electron chi connectivity index (χ4n) is 1.67. The van der Waals surface area contributed by atoms with Gasteiger partial charge in [0.05, 0.1) is 11.0 Å². The number of carbonyl (C=O) groups is 1. The summed E-state index contributed by atoms with van der Waals surface area (Å²) in [7, 11) is 1.83. The van der Waals surface area contributed by atoms with Gasteiger partial charge < -0.3 is 15.6 Å². The van der Waals surface area contributed by atoms with Crippen molar-refractivity contribution in [2.75, 3.05) is 6.54 Å². The number of aromatic nitrogens is 4. The summed E-state index contributed by atoms with van der Waals surface area (Å²) >= 11 is 1.45. The summed E-state index contributed by atoms with van der Waals surface area (Å²) < 4.78 is 1.77. The molecule has 102 valence electrons. The van der Waals surface area contributed by atoms with Crippen LogP contribution < -0.4 is 11.1 Å². The number of carbonyl (C=O) groups excluding carboxylic acids is 1. The van der Waals surface area contributed by atoms with Crippen LogP contribution in [-0.4, -0.2) is 32.2 Å². The lowest BCUT2D eigenvalue weighted by molar-refractivity contribution is 0.0933. The number of nitrogens with one attached hydrogen (secondary N) is 1. The van der Waals surface area contributed by atoms with E-state index in [2.05, 4.69) is 20.5 Å². The molecule has 1 atom stereocenters. The van der Waals surface area contributed by atoms with E-state index in [9.17, 15) is 4.79 Å². The second kappa shape index (κ2) is 5.89. The second-order valence-corrected chi connectivity index (χ2v) is 5.10. The molecule has 0 aliphatic heterocycles. The maximum Gasteiger partial charge on any atom is 0.271 e. The van der Waals surface area contributed by atoms with E-state index in [1.165, 1.54) is 11.3 Å². The van der Waals surface area contributed by atoms with E-state index in [-0.39, 0.29) is 11.9 Å². The fourth-order valence-corrected chi connectivity index (χ4v) is 2.47. The first-order valence-corrected chi connectivity index (χ1v) is 6.79. The van der Waals surface area contributed by atoms with Crippen LogP contribution in [0.2, 0.25) is 0 Å². The van der Waals surface area contributed by atoms with E-state index in [4.69, 9.17) is 5.73 Å². The smallest absolute Gasteiger partial charge is 0.271 e. The largest absolute Gasteiger partial charge is 0.341 e. The molecule has 2 rings (SSSR count). The molecule has 0 aromatic carbocycles. The van der Waals surface area contributed by atoms with Crippen LogP contribution in [0.15, 0.2) is 11.7 Å². The van der Waals surface area contributed by atoms with Crippen LogP contribution in [0.5, 0.6) is 0 Å². The molecule has 0 spiro atoms. The molecular formula is C11H16N6OS. The molecule has 3 N–H and O–H groups in total. The maximum atomic E-state index is 12.0. The Morgan fingerprint density at radius 3 is 3.05 bits per heavy atom. The van der Waals surface area contributed by atoms with Crippen molar-refractivity contribution in [1.82, 2.24) is 25.1 Å². The van der Waals surface area contributed by atoms with Gasteiger partial charge in [-0.2, -0.15) is 0 Å². The Morgan fingerprint density at radius 2 is 2.42 bits per heavy atom. The van der Waals surface area contributed by atoms with Gasteiger partial charge in [0.15, 0.2) is 5.82 Å². The van der Waals surface area contributed by atoms with Crippen molar-refractivity contribution in [2.24, 2.45) is 12.8 Å². The molecule has 1 amide bonds. The first-order valence-electron chi connectivity index (χ1n) is 5.91. The van der Waals surface area contributed by atoms with Crippen LogP contribution in [0.4, 0.5) is 0 Å². The highest BCUT2D eigenvalue weighted by Crippen LogP contribution is 2.12. The molecule has 7 nitrogen and oxygen atoms in total. The number of nitrogens with zero attached hydrogens (tertiary/aromatic N) is 4. The molecule has 1 unspecified atom stereocenters. The molecule has 2 aromatic rings. The molecule has 2 heterocycles. The predicted molar refractivity (Wildman–Crippen MR) is 71.8 cm³/mol. The number of nitrogens with two attached hydrogens (primary N) is 1. The molecule has 0 saturated heterocycles. The number of rotatable bonds is 5. The molecule has 0 bridgehead atoms. The van der Waals surface area contributed by atoms with E-state index in [0.717, 1.165) is 5.01 Å². The van der Waals surface area contributed by atoms with Crippen molar-refractivity contribution in [3.63, 3.8) is 0 Å². The maximum absolute atomic E-state index is 12.0. The quantitative estimate of drug-likeness (QED) is 0.818. The number of hydrogen-bond donors (Lipinski definition) is 2. The zero-order chi connectivity index (χ0) is 13.8.